The average Bonchev–Trinajstić information content (AvgIpc) is 1.62. The van der Waals surface area contributed by atoms with Crippen LogP contribution in [-0.2, 0) is 81.4 Å². The summed E-state index contributed by atoms with van der Waals surface area (Å²) in [5.41, 5.74) is 0.127. The van der Waals surface area contributed by atoms with Gasteiger partial charge < -0.3 is 72.6 Å². The van der Waals surface area contributed by atoms with Gasteiger partial charge in [0.25, 0.3) is 24.3 Å². The number of pyridine rings is 2. The van der Waals surface area contributed by atoms with E-state index in [9.17, 15) is 59.8 Å². The Morgan fingerprint density at radius 1 is 0.626 bits per heavy atom. The number of rotatable bonds is 18. The molecule has 0 saturated carbocycles. The Labute approximate surface area is 522 Å². The third-order valence-electron chi connectivity index (χ3n) is 12.4. The van der Waals surface area contributed by atoms with Crippen molar-refractivity contribution in [3.05, 3.63) is 121 Å². The zero-order chi connectivity index (χ0) is 68.9. The fraction of sp³-hybridized carbons (Fsp3) is 0.500. The largest absolute Gasteiger partial charge is 0.741 e. The normalized spacial score (nSPS) is 24.0. The molecule has 4 unspecified atom stereocenters. The fourth-order valence-corrected chi connectivity index (χ4v) is 12.6. The lowest BCUT2D eigenvalue weighted by Crippen LogP contribution is -2.46. The number of amides is 2. The summed E-state index contributed by atoms with van der Waals surface area (Å²) in [4.78, 5) is 46.2. The number of benzene rings is 2. The van der Waals surface area contributed by atoms with Crippen LogP contribution in [0.25, 0.3) is 0 Å². The van der Waals surface area contributed by atoms with E-state index in [1.165, 1.54) is 14.2 Å². The Hall–Kier alpha value is -5.95. The van der Waals surface area contributed by atoms with Crippen molar-refractivity contribution in [1.29, 1.82) is 0 Å². The molecule has 0 bridgehead atoms. The van der Waals surface area contributed by atoms with E-state index in [-0.39, 0.29) is 37.7 Å². The number of carbonyl (C=O) groups excluding carboxylic acids is 4. The third-order valence-corrected chi connectivity index (χ3v) is 17.7. The van der Waals surface area contributed by atoms with Gasteiger partial charge in [-0.3, -0.25) is 28.3 Å². The lowest BCUT2D eigenvalue weighted by Gasteiger charge is -2.25. The number of methoxy groups -OCH3 is 2. The first kappa shape index (κ1) is 77.5. The number of aliphatic hydroxyl groups excluding tert-OH is 1. The second-order valence-electron chi connectivity index (χ2n) is 20.6. The third kappa shape index (κ3) is 23.2. The number of nitrogens with zero attached hydrogens (tertiary/aromatic N) is 2. The van der Waals surface area contributed by atoms with Crippen LogP contribution in [0, 0.1) is 11.8 Å². The number of carbonyl (C=O) groups is 4. The van der Waals surface area contributed by atoms with E-state index >= 15 is 0 Å². The molecule has 4 aliphatic heterocycles. The van der Waals surface area contributed by atoms with E-state index < -0.39 is 130 Å². The molecule has 2 aromatic heterocycles. The van der Waals surface area contributed by atoms with Crippen LogP contribution in [0.15, 0.2) is 110 Å². The molecule has 6 heterocycles. The molecule has 12 atom stereocenters. The molecule has 2 amide bonds. The molecule has 2 aromatic carbocycles. The summed E-state index contributed by atoms with van der Waals surface area (Å²) < 4.78 is 209. The number of primary amides is 2. The van der Waals surface area contributed by atoms with Gasteiger partial charge in [0.05, 0.1) is 51.6 Å². The lowest BCUT2D eigenvalue weighted by molar-refractivity contribution is -0.766. The molecule has 5 N–H and O–H groups in total. The summed E-state index contributed by atoms with van der Waals surface area (Å²) in [6, 6.07) is 23.8. The van der Waals surface area contributed by atoms with Crippen LogP contribution in [-0.4, -0.2) is 154 Å². The van der Waals surface area contributed by atoms with Crippen LogP contribution in [0.3, 0.4) is 0 Å². The maximum atomic E-state index is 13.8. The molecule has 0 spiro atoms. The SMILES string of the molecule is CC1(C)OC2[C@@H](O1)[C@@H](CO)O[C@H]2[n+]1cccc(C(N)=O)c1.COC(=O)[C@H](C)CP(=O)(Cl)Oc1ccccc1.COC(=O)[C@H](C)CP(=O)(OC[C@H]1O[C@@H]([n+]2cccc(C(N)=O)c2)C2OC(C)(C)O[C@H]21)Oc1ccccc1.O=S(=O)([O-])C(F)(F)F.O=S(=O)([O-])C(F)(F)F. The number of hydrogen-bond donors (Lipinski definition) is 3. The molecule has 508 valence electrons. The fourth-order valence-electron chi connectivity index (χ4n) is 8.51. The minimum Gasteiger partial charge on any atom is -0.741 e. The number of hydrogen-bond acceptors (Lipinski definition) is 24. The van der Waals surface area contributed by atoms with Gasteiger partial charge in [-0.15, -0.1) is 0 Å². The molecule has 4 saturated heterocycles. The van der Waals surface area contributed by atoms with E-state index in [1.807, 2.05) is 19.9 Å². The van der Waals surface area contributed by atoms with Gasteiger partial charge >= 0.3 is 37.3 Å². The van der Waals surface area contributed by atoms with Gasteiger partial charge in [-0.05, 0) is 75.3 Å². The zero-order valence-electron chi connectivity index (χ0n) is 49.2. The van der Waals surface area contributed by atoms with Crippen molar-refractivity contribution in [2.45, 2.75) is 113 Å². The van der Waals surface area contributed by atoms with Crippen molar-refractivity contribution in [2.75, 3.05) is 39.8 Å². The molecule has 0 aliphatic carbocycles. The molecular weight excluding hydrogens is 1340 g/mol. The molecule has 4 fully saturated rings. The van der Waals surface area contributed by atoms with Crippen LogP contribution in [0.2, 0.25) is 0 Å². The first-order chi connectivity index (χ1) is 41.9. The number of alkyl halides is 6. The Bertz CT molecular complexity index is 3420. The van der Waals surface area contributed by atoms with Crippen LogP contribution in [0.5, 0.6) is 11.5 Å². The van der Waals surface area contributed by atoms with Gasteiger partial charge in [0.15, 0.2) is 68.8 Å². The molecule has 39 heteroatoms. The second-order valence-corrected chi connectivity index (χ2v) is 28.6. The zero-order valence-corrected chi connectivity index (χ0v) is 53.4. The molecule has 8 rings (SSSR count). The number of esters is 2. The lowest BCUT2D eigenvalue weighted by atomic mass is 10.1. The minimum absolute atomic E-state index is 0.0594. The summed E-state index contributed by atoms with van der Waals surface area (Å²) in [6.45, 7) is 6.71. The highest BCUT2D eigenvalue weighted by molar-refractivity contribution is 7.87. The monoisotopic (exact) mass is 1400 g/mol. The Kier molecular flexibility index (Phi) is 27.1. The van der Waals surface area contributed by atoms with Gasteiger partial charge in [-0.25, -0.2) is 21.4 Å². The van der Waals surface area contributed by atoms with E-state index in [1.54, 1.807) is 140 Å². The van der Waals surface area contributed by atoms with Gasteiger partial charge in [0.2, 0.25) is 0 Å². The first-order valence-corrected chi connectivity index (χ1v) is 33.6. The molecule has 0 radical (unpaired) electrons. The van der Waals surface area contributed by atoms with Crippen molar-refractivity contribution in [1.82, 2.24) is 0 Å². The van der Waals surface area contributed by atoms with E-state index in [2.05, 4.69) is 4.74 Å². The Balaban J connectivity index is 0.000000276. The van der Waals surface area contributed by atoms with E-state index in [0.717, 1.165) is 0 Å². The second kappa shape index (κ2) is 31.8. The van der Waals surface area contributed by atoms with Gasteiger partial charge in [0.1, 0.15) is 47.0 Å². The van der Waals surface area contributed by atoms with E-state index in [0.29, 0.717) is 22.6 Å². The number of aromatic nitrogens is 2. The van der Waals surface area contributed by atoms with Crippen molar-refractivity contribution < 1.29 is 146 Å². The average molecular weight is 1410 g/mol. The highest BCUT2D eigenvalue weighted by Crippen LogP contribution is 2.54. The van der Waals surface area contributed by atoms with Crippen molar-refractivity contribution in [2.24, 2.45) is 23.3 Å². The maximum absolute atomic E-state index is 13.8. The standard InChI is InChI=1S/C25H31N2O9P.C14H18N2O5.C11H14ClO4P.2CHF3O3S/c1-16(24(29)31-4)15-37(30,36-18-10-6-5-7-11-18)32-14-19-20-21(35-25(2,3)34-20)23(33-19)27-12-8-9-17(13-27)22(26)28;1-14(2)20-10-9(7-17)19-13(11(10)21-14)16-5-3-4-8(6-16)12(15)18;1-9(11(13)15-2)8-17(12,14)16-10-6-4-3-5-7-10;2*2-1(3,4)8(5,6)7/h5-13,16,19-21,23H,14-15H2,1-4H3,(H-,26,28);3-6,9-11,13,17H,7H2,1-2H3,(H-,15,18);3-7,9H,8H2,1-2H3;2*(H,5,6,7)/t16-,19-,20+,21?,23-,37?;9-,10+,11?,13-;9-,17?;;/m111../s1. The maximum Gasteiger partial charge on any atom is 0.485 e. The number of aliphatic hydroxyl groups is 1. The van der Waals surface area contributed by atoms with Crippen molar-refractivity contribution in [3.63, 3.8) is 0 Å². The quantitative estimate of drug-likeness (QED) is 0.0277. The number of ether oxygens (including phenoxy) is 8. The number of para-hydroxylation sites is 2. The van der Waals surface area contributed by atoms with Crippen LogP contribution in [0.1, 0.15) is 74.7 Å². The van der Waals surface area contributed by atoms with Gasteiger partial charge in [0, 0.05) is 12.1 Å². The summed E-state index contributed by atoms with van der Waals surface area (Å²) in [7, 11) is -13.5. The Morgan fingerprint density at radius 3 is 1.34 bits per heavy atom. The number of fused-ring (bicyclic) bond motifs is 2. The minimum atomic E-state index is -6.09. The van der Waals surface area contributed by atoms with Crippen LogP contribution < -0.4 is 29.6 Å². The highest BCUT2D eigenvalue weighted by Gasteiger charge is 2.61. The number of halogens is 7. The Morgan fingerprint density at radius 2 is 0.978 bits per heavy atom. The van der Waals surface area contributed by atoms with Crippen LogP contribution >= 0.6 is 25.6 Å². The molecule has 91 heavy (non-hydrogen) atoms. The topological polar surface area (TPSA) is 398 Å². The highest BCUT2D eigenvalue weighted by atomic mass is 35.7. The summed E-state index contributed by atoms with van der Waals surface area (Å²) in [5.74, 6) is -4.25. The molecule has 4 aromatic rings. The number of nitrogens with two attached hydrogens (primary N) is 2. The van der Waals surface area contributed by atoms with Crippen molar-refractivity contribution >= 4 is 69.5 Å². The predicted molar refractivity (Wildman–Crippen MR) is 298 cm³/mol. The summed E-state index contributed by atoms with van der Waals surface area (Å²) in [5, 5.41) is 9.45. The smallest absolute Gasteiger partial charge is 0.485 e. The molecule has 28 nitrogen and oxygen atoms in total. The summed E-state index contributed by atoms with van der Waals surface area (Å²) >= 11 is 5.79. The molecular formula is C52H65ClF6N4O24P2S2. The van der Waals surface area contributed by atoms with Crippen molar-refractivity contribution in [3.8, 4) is 11.5 Å². The summed E-state index contributed by atoms with van der Waals surface area (Å²) in [6.07, 6.45) is 2.31. The van der Waals surface area contributed by atoms with Gasteiger partial charge in [-0.2, -0.15) is 35.5 Å². The van der Waals surface area contributed by atoms with Gasteiger partial charge in [-0.1, -0.05) is 50.2 Å². The van der Waals surface area contributed by atoms with E-state index in [4.69, 9.17) is 95.4 Å². The first-order valence-electron chi connectivity index (χ1n) is 26.3. The predicted octanol–water partition coefficient (Wildman–Crippen LogP) is 5.48. The molecule has 4 aliphatic rings. The van der Waals surface area contributed by atoms with Crippen LogP contribution in [0.4, 0.5) is 26.3 Å².